The lowest BCUT2D eigenvalue weighted by atomic mass is 9.90. The Kier molecular flexibility index (Phi) is 3.75. The Labute approximate surface area is 106 Å². The van der Waals surface area contributed by atoms with Crippen LogP contribution in [0.5, 0.6) is 0 Å². The van der Waals surface area contributed by atoms with Crippen molar-refractivity contribution < 1.29 is 10.0 Å². The predicted molar refractivity (Wildman–Crippen MR) is 69.4 cm³/mol. The lowest BCUT2D eigenvalue weighted by Gasteiger charge is -2.16. The molecule has 2 aromatic rings. The Morgan fingerprint density at radius 1 is 1.06 bits per heavy atom. The summed E-state index contributed by atoms with van der Waals surface area (Å²) in [7, 11) is 0. The summed E-state index contributed by atoms with van der Waals surface area (Å²) < 4.78 is 0. The second-order valence-electron chi connectivity index (χ2n) is 4.23. The van der Waals surface area contributed by atoms with Crippen molar-refractivity contribution in [2.45, 2.75) is 12.8 Å². The van der Waals surface area contributed by atoms with Crippen molar-refractivity contribution in [1.29, 1.82) is 0 Å². The molecular weight excluding hydrogens is 226 g/mol. The van der Waals surface area contributed by atoms with Crippen molar-refractivity contribution in [1.82, 2.24) is 5.48 Å². The minimum Gasteiger partial charge on any atom is -0.289 e. The first-order chi connectivity index (χ1) is 8.72. The summed E-state index contributed by atoms with van der Waals surface area (Å²) in [4.78, 5) is 11.9. The molecule has 0 radical (unpaired) electrons. The third-order valence-electron chi connectivity index (χ3n) is 2.88. The molecule has 0 aliphatic heterocycles. The monoisotopic (exact) mass is 241 g/mol. The van der Waals surface area contributed by atoms with Crippen molar-refractivity contribution >= 4 is 5.91 Å². The van der Waals surface area contributed by atoms with Crippen molar-refractivity contribution in [3.63, 3.8) is 0 Å². The number of nitrogens with one attached hydrogen (secondary N) is 1. The smallest absolute Gasteiger partial charge is 0.255 e. The summed E-state index contributed by atoms with van der Waals surface area (Å²) in [5.41, 5.74) is 4.55. The largest absolute Gasteiger partial charge is 0.289 e. The van der Waals surface area contributed by atoms with Crippen LogP contribution in [0, 0.1) is 6.92 Å². The number of carbonyl (C=O) groups is 1. The lowest BCUT2D eigenvalue weighted by Crippen LogP contribution is -2.27. The summed E-state index contributed by atoms with van der Waals surface area (Å²) in [6.45, 7) is 1.97. The van der Waals surface area contributed by atoms with Gasteiger partial charge in [-0.3, -0.25) is 10.0 Å². The number of hydroxylamine groups is 1. The molecule has 0 aliphatic rings. The van der Waals surface area contributed by atoms with E-state index in [0.29, 0.717) is 0 Å². The average molecular weight is 241 g/mol. The summed E-state index contributed by atoms with van der Waals surface area (Å²) in [5, 5.41) is 8.90. The Morgan fingerprint density at radius 3 is 2.33 bits per heavy atom. The van der Waals surface area contributed by atoms with E-state index in [1.807, 2.05) is 61.5 Å². The van der Waals surface area contributed by atoms with Gasteiger partial charge in [-0.25, -0.2) is 5.48 Å². The van der Waals surface area contributed by atoms with Gasteiger partial charge in [-0.2, -0.15) is 0 Å². The van der Waals surface area contributed by atoms with Crippen LogP contribution in [0.15, 0.2) is 54.6 Å². The van der Waals surface area contributed by atoms with Gasteiger partial charge in [0.15, 0.2) is 0 Å². The van der Waals surface area contributed by atoms with E-state index in [4.69, 9.17) is 5.21 Å². The van der Waals surface area contributed by atoms with Gasteiger partial charge in [-0.05, 0) is 18.1 Å². The minimum absolute atomic E-state index is 0.424. The Hall–Kier alpha value is -2.13. The number of amides is 1. The maximum Gasteiger partial charge on any atom is 0.255 e. The summed E-state index contributed by atoms with van der Waals surface area (Å²) in [6.07, 6.45) is 0. The van der Waals surface area contributed by atoms with Crippen LogP contribution in [0.25, 0.3) is 0 Å². The summed E-state index contributed by atoms with van der Waals surface area (Å²) in [5.74, 6) is -0.914. The van der Waals surface area contributed by atoms with Crippen molar-refractivity contribution in [2.24, 2.45) is 0 Å². The molecule has 2 aromatic carbocycles. The van der Waals surface area contributed by atoms with Crippen LogP contribution >= 0.6 is 0 Å². The first-order valence-electron chi connectivity index (χ1n) is 5.78. The van der Waals surface area contributed by atoms with Gasteiger partial charge in [0.1, 0.15) is 0 Å². The molecule has 1 atom stereocenters. The Morgan fingerprint density at radius 2 is 1.72 bits per heavy atom. The second kappa shape index (κ2) is 5.47. The first kappa shape index (κ1) is 12.3. The zero-order chi connectivity index (χ0) is 13.0. The van der Waals surface area contributed by atoms with E-state index < -0.39 is 11.8 Å². The SMILES string of the molecule is Cc1cccc(C(C(=O)NO)c2ccccc2)c1. The highest BCUT2D eigenvalue weighted by atomic mass is 16.5. The Bertz CT molecular complexity index is 537. The lowest BCUT2D eigenvalue weighted by molar-refractivity contribution is -0.129. The zero-order valence-electron chi connectivity index (χ0n) is 10.1. The topological polar surface area (TPSA) is 49.3 Å². The molecule has 0 bridgehead atoms. The van der Waals surface area contributed by atoms with Gasteiger partial charge in [0.25, 0.3) is 5.91 Å². The van der Waals surface area contributed by atoms with E-state index in [0.717, 1.165) is 16.7 Å². The fourth-order valence-corrected chi connectivity index (χ4v) is 2.05. The molecule has 2 N–H and O–H groups in total. The van der Waals surface area contributed by atoms with E-state index >= 15 is 0 Å². The Balaban J connectivity index is 2.47. The highest BCUT2D eigenvalue weighted by molar-refractivity contribution is 5.86. The first-order valence-corrected chi connectivity index (χ1v) is 5.78. The van der Waals surface area contributed by atoms with Crippen molar-refractivity contribution in [3.8, 4) is 0 Å². The van der Waals surface area contributed by atoms with Crippen LogP contribution in [-0.2, 0) is 4.79 Å². The number of hydrogen-bond acceptors (Lipinski definition) is 2. The molecule has 92 valence electrons. The highest BCUT2D eigenvalue weighted by Crippen LogP contribution is 2.25. The maximum absolute atomic E-state index is 11.9. The van der Waals surface area contributed by atoms with E-state index in [1.165, 1.54) is 0 Å². The predicted octanol–water partition coefficient (Wildman–Crippen LogP) is 2.63. The van der Waals surface area contributed by atoms with E-state index in [2.05, 4.69) is 0 Å². The van der Waals surface area contributed by atoms with Crippen LogP contribution < -0.4 is 5.48 Å². The molecule has 2 rings (SSSR count). The normalized spacial score (nSPS) is 11.9. The van der Waals surface area contributed by atoms with Crippen LogP contribution in [0.3, 0.4) is 0 Å². The van der Waals surface area contributed by atoms with Crippen LogP contribution in [0.4, 0.5) is 0 Å². The van der Waals surface area contributed by atoms with E-state index in [1.54, 1.807) is 5.48 Å². The van der Waals surface area contributed by atoms with Gasteiger partial charge in [0.05, 0.1) is 5.92 Å². The highest BCUT2D eigenvalue weighted by Gasteiger charge is 2.22. The number of benzene rings is 2. The van der Waals surface area contributed by atoms with Gasteiger partial charge in [0, 0.05) is 0 Å². The number of aryl methyl sites for hydroxylation is 1. The summed E-state index contributed by atoms with van der Waals surface area (Å²) >= 11 is 0. The molecule has 18 heavy (non-hydrogen) atoms. The fraction of sp³-hybridized carbons (Fsp3) is 0.133. The van der Waals surface area contributed by atoms with Gasteiger partial charge in [-0.1, -0.05) is 60.2 Å². The van der Waals surface area contributed by atoms with Gasteiger partial charge in [0.2, 0.25) is 0 Å². The molecule has 3 heteroatoms. The molecule has 0 heterocycles. The zero-order valence-corrected chi connectivity index (χ0v) is 10.1. The molecule has 1 unspecified atom stereocenters. The van der Waals surface area contributed by atoms with Crippen molar-refractivity contribution in [2.75, 3.05) is 0 Å². The van der Waals surface area contributed by atoms with Gasteiger partial charge in [-0.15, -0.1) is 0 Å². The summed E-state index contributed by atoms with van der Waals surface area (Å²) in [6, 6.07) is 17.1. The van der Waals surface area contributed by atoms with Crippen LogP contribution in [0.2, 0.25) is 0 Å². The third kappa shape index (κ3) is 2.57. The van der Waals surface area contributed by atoms with Gasteiger partial charge < -0.3 is 0 Å². The molecule has 0 saturated heterocycles. The average Bonchev–Trinajstić information content (AvgIpc) is 2.40. The quantitative estimate of drug-likeness (QED) is 0.641. The van der Waals surface area contributed by atoms with Gasteiger partial charge >= 0.3 is 0 Å². The number of rotatable bonds is 3. The molecule has 3 nitrogen and oxygen atoms in total. The maximum atomic E-state index is 11.9. The molecule has 0 spiro atoms. The fourth-order valence-electron chi connectivity index (χ4n) is 2.05. The number of carbonyl (C=O) groups excluding carboxylic acids is 1. The molecule has 0 saturated carbocycles. The van der Waals surface area contributed by atoms with E-state index in [-0.39, 0.29) is 0 Å². The van der Waals surface area contributed by atoms with Crippen molar-refractivity contribution in [3.05, 3.63) is 71.3 Å². The van der Waals surface area contributed by atoms with Crippen LogP contribution in [-0.4, -0.2) is 11.1 Å². The standard InChI is InChI=1S/C15H15NO2/c1-11-6-5-9-13(10-11)14(15(17)16-18)12-7-3-2-4-8-12/h2-10,14,18H,1H3,(H,16,17). The number of hydrogen-bond donors (Lipinski definition) is 2. The third-order valence-corrected chi connectivity index (χ3v) is 2.88. The molecule has 1 amide bonds. The van der Waals surface area contributed by atoms with Crippen LogP contribution in [0.1, 0.15) is 22.6 Å². The molecule has 0 aromatic heterocycles. The second-order valence-corrected chi connectivity index (χ2v) is 4.23. The minimum atomic E-state index is -0.490. The molecule has 0 fully saturated rings. The van der Waals surface area contributed by atoms with E-state index in [9.17, 15) is 4.79 Å². The molecular formula is C15H15NO2. The molecule has 0 aliphatic carbocycles.